The number of hydrogen-bond acceptors (Lipinski definition) is 7. The molecule has 1 aromatic heterocycles. The molecule has 2 N–H and O–H groups in total. The van der Waals surface area contributed by atoms with Crippen molar-refractivity contribution in [3.63, 3.8) is 0 Å². The van der Waals surface area contributed by atoms with Gasteiger partial charge in [0.25, 0.3) is 0 Å². The smallest absolute Gasteiger partial charge is 0.353 e. The Morgan fingerprint density at radius 2 is 2.17 bits per heavy atom. The Bertz CT molecular complexity index is 415. The molecule has 0 aliphatic carbocycles. The van der Waals surface area contributed by atoms with Crippen LogP contribution in [0.2, 0.25) is 0 Å². The lowest BCUT2D eigenvalue weighted by molar-refractivity contribution is -0.383. The van der Waals surface area contributed by atoms with Crippen molar-refractivity contribution in [2.24, 2.45) is 0 Å². The first-order valence-corrected chi connectivity index (χ1v) is 6.92. The van der Waals surface area contributed by atoms with E-state index in [0.717, 1.165) is 12.2 Å². The number of hydrogen-bond donors (Lipinski definition) is 2. The van der Waals surface area contributed by atoms with Crippen LogP contribution in [0.1, 0.15) is 13.3 Å². The van der Waals surface area contributed by atoms with Crippen LogP contribution in [0, 0.1) is 10.1 Å². The molecule has 1 aromatic rings. The van der Waals surface area contributed by atoms with Crippen LogP contribution in [-0.4, -0.2) is 40.0 Å². The summed E-state index contributed by atoms with van der Waals surface area (Å²) in [6, 6.07) is 0.121. The van der Waals surface area contributed by atoms with E-state index in [1.165, 1.54) is 6.33 Å². The van der Waals surface area contributed by atoms with Gasteiger partial charge >= 0.3 is 5.69 Å². The Morgan fingerprint density at radius 1 is 1.50 bits per heavy atom. The van der Waals surface area contributed by atoms with Gasteiger partial charge < -0.3 is 10.6 Å². The van der Waals surface area contributed by atoms with Gasteiger partial charge in [-0.15, -0.1) is 0 Å². The van der Waals surface area contributed by atoms with E-state index in [2.05, 4.69) is 20.6 Å². The molecule has 8 heteroatoms. The summed E-state index contributed by atoms with van der Waals surface area (Å²) in [7, 11) is 1.59. The normalized spacial score (nSPS) is 11.9. The maximum atomic E-state index is 11.0. The van der Waals surface area contributed by atoms with Gasteiger partial charge in [0.1, 0.15) is 6.33 Å². The van der Waals surface area contributed by atoms with Crippen molar-refractivity contribution >= 4 is 29.1 Å². The largest absolute Gasteiger partial charge is 0.367 e. The highest BCUT2D eigenvalue weighted by atomic mass is 32.2. The van der Waals surface area contributed by atoms with E-state index in [-0.39, 0.29) is 23.4 Å². The molecule has 0 spiro atoms. The molecule has 0 saturated carbocycles. The molecule has 0 saturated heterocycles. The summed E-state index contributed by atoms with van der Waals surface area (Å²) in [5.41, 5.74) is -0.115. The molecule has 0 aliphatic rings. The molecular formula is C10H17N5O2S. The Morgan fingerprint density at radius 3 is 2.72 bits per heavy atom. The third-order valence-electron chi connectivity index (χ3n) is 2.38. The lowest BCUT2D eigenvalue weighted by Gasteiger charge is -2.14. The molecule has 0 amide bonds. The molecule has 0 bridgehead atoms. The summed E-state index contributed by atoms with van der Waals surface area (Å²) in [5.74, 6) is 1.47. The topological polar surface area (TPSA) is 93.0 Å². The summed E-state index contributed by atoms with van der Waals surface area (Å²) in [4.78, 5) is 18.3. The first-order valence-electron chi connectivity index (χ1n) is 5.52. The minimum atomic E-state index is -0.477. The van der Waals surface area contributed by atoms with Crippen molar-refractivity contribution in [3.8, 4) is 0 Å². The van der Waals surface area contributed by atoms with Crippen LogP contribution in [0.15, 0.2) is 6.33 Å². The van der Waals surface area contributed by atoms with E-state index in [1.807, 2.05) is 13.2 Å². The van der Waals surface area contributed by atoms with Gasteiger partial charge in [0.05, 0.1) is 4.92 Å². The second kappa shape index (κ2) is 7.00. The minimum absolute atomic E-state index is 0.115. The molecule has 0 aliphatic heterocycles. The van der Waals surface area contributed by atoms with Gasteiger partial charge in [-0.05, 0) is 25.4 Å². The fraction of sp³-hybridized carbons (Fsp3) is 0.600. The Hall–Kier alpha value is -1.57. The van der Waals surface area contributed by atoms with Crippen LogP contribution in [0.25, 0.3) is 0 Å². The molecular weight excluding hydrogens is 254 g/mol. The number of nitrogens with one attached hydrogen (secondary N) is 2. The highest BCUT2D eigenvalue weighted by Crippen LogP contribution is 2.29. The summed E-state index contributed by atoms with van der Waals surface area (Å²) in [6.07, 6.45) is 4.25. The second-order valence-corrected chi connectivity index (χ2v) is 4.74. The molecule has 1 heterocycles. The summed E-state index contributed by atoms with van der Waals surface area (Å²) >= 11 is 1.74. The van der Waals surface area contributed by atoms with Crippen LogP contribution >= 0.6 is 11.8 Å². The standard InChI is InChI=1S/C10H17N5O2S/c1-7(4-5-18-3)14-10-8(15(16)17)9(11-2)12-6-13-10/h6-7H,4-5H2,1-3H3,(H2,11,12,13,14). The van der Waals surface area contributed by atoms with Crippen LogP contribution in [-0.2, 0) is 0 Å². The van der Waals surface area contributed by atoms with E-state index >= 15 is 0 Å². The maximum Gasteiger partial charge on any atom is 0.353 e. The van der Waals surface area contributed by atoms with Crippen molar-refractivity contribution in [1.82, 2.24) is 9.97 Å². The molecule has 1 rings (SSSR count). The molecule has 1 unspecified atom stereocenters. The van der Waals surface area contributed by atoms with E-state index in [4.69, 9.17) is 0 Å². The van der Waals surface area contributed by atoms with Gasteiger partial charge in [-0.25, -0.2) is 9.97 Å². The zero-order chi connectivity index (χ0) is 13.5. The highest BCUT2D eigenvalue weighted by molar-refractivity contribution is 7.98. The molecule has 18 heavy (non-hydrogen) atoms. The first-order chi connectivity index (χ1) is 8.60. The van der Waals surface area contributed by atoms with Gasteiger partial charge in [-0.2, -0.15) is 11.8 Å². The zero-order valence-corrected chi connectivity index (χ0v) is 11.5. The molecule has 0 aromatic carbocycles. The van der Waals surface area contributed by atoms with Crippen molar-refractivity contribution in [2.75, 3.05) is 29.7 Å². The number of nitro groups is 1. The second-order valence-electron chi connectivity index (χ2n) is 3.75. The van der Waals surface area contributed by atoms with Crippen LogP contribution in [0.4, 0.5) is 17.3 Å². The third-order valence-corrected chi connectivity index (χ3v) is 3.02. The van der Waals surface area contributed by atoms with Crippen molar-refractivity contribution in [3.05, 3.63) is 16.4 Å². The Balaban J connectivity index is 2.90. The van der Waals surface area contributed by atoms with Gasteiger partial charge in [0, 0.05) is 13.1 Å². The van der Waals surface area contributed by atoms with Gasteiger partial charge in [0.2, 0.25) is 11.6 Å². The fourth-order valence-corrected chi connectivity index (χ4v) is 2.03. The quantitative estimate of drug-likeness (QED) is 0.578. The van der Waals surface area contributed by atoms with Gasteiger partial charge in [-0.1, -0.05) is 0 Å². The lowest BCUT2D eigenvalue weighted by Crippen LogP contribution is -2.18. The SMILES string of the molecule is CNc1ncnc(NC(C)CCSC)c1[N+](=O)[O-]. The van der Waals surface area contributed by atoms with E-state index < -0.39 is 4.92 Å². The monoisotopic (exact) mass is 271 g/mol. The number of rotatable bonds is 7. The fourth-order valence-electron chi connectivity index (χ4n) is 1.44. The maximum absolute atomic E-state index is 11.0. The van der Waals surface area contributed by atoms with Gasteiger partial charge in [-0.3, -0.25) is 10.1 Å². The molecule has 0 fully saturated rings. The zero-order valence-electron chi connectivity index (χ0n) is 10.6. The summed E-state index contributed by atoms with van der Waals surface area (Å²) in [6.45, 7) is 1.97. The summed E-state index contributed by atoms with van der Waals surface area (Å²) in [5, 5.41) is 16.8. The van der Waals surface area contributed by atoms with Crippen molar-refractivity contribution in [2.45, 2.75) is 19.4 Å². The molecule has 1 atom stereocenters. The predicted molar refractivity (Wildman–Crippen MR) is 74.3 cm³/mol. The first kappa shape index (κ1) is 14.5. The average molecular weight is 271 g/mol. The van der Waals surface area contributed by atoms with Crippen LogP contribution < -0.4 is 10.6 Å². The predicted octanol–water partition coefficient (Wildman–Crippen LogP) is 1.98. The van der Waals surface area contributed by atoms with E-state index in [9.17, 15) is 10.1 Å². The number of anilines is 2. The van der Waals surface area contributed by atoms with Crippen LogP contribution in [0.5, 0.6) is 0 Å². The highest BCUT2D eigenvalue weighted by Gasteiger charge is 2.22. The Kier molecular flexibility index (Phi) is 5.63. The summed E-state index contributed by atoms with van der Waals surface area (Å²) < 4.78 is 0. The van der Waals surface area contributed by atoms with Gasteiger partial charge in [0.15, 0.2) is 0 Å². The lowest BCUT2D eigenvalue weighted by atomic mass is 10.2. The average Bonchev–Trinajstić information content (AvgIpc) is 2.35. The number of nitrogens with zero attached hydrogens (tertiary/aromatic N) is 3. The molecule has 0 radical (unpaired) electrons. The van der Waals surface area contributed by atoms with E-state index in [0.29, 0.717) is 0 Å². The van der Waals surface area contributed by atoms with Crippen LogP contribution in [0.3, 0.4) is 0 Å². The Labute approximate surface area is 110 Å². The third kappa shape index (κ3) is 3.73. The number of aromatic nitrogens is 2. The minimum Gasteiger partial charge on any atom is -0.367 e. The van der Waals surface area contributed by atoms with Crippen molar-refractivity contribution < 1.29 is 4.92 Å². The molecule has 7 nitrogen and oxygen atoms in total. The van der Waals surface area contributed by atoms with Crippen molar-refractivity contribution in [1.29, 1.82) is 0 Å². The van der Waals surface area contributed by atoms with E-state index in [1.54, 1.807) is 18.8 Å². The number of thioether (sulfide) groups is 1. The molecule has 100 valence electrons.